The summed E-state index contributed by atoms with van der Waals surface area (Å²) in [6.07, 6.45) is 0. The number of rotatable bonds is 4. The van der Waals surface area contributed by atoms with Gasteiger partial charge in [-0.3, -0.25) is 10.1 Å². The third-order valence-electron chi connectivity index (χ3n) is 3.56. The molecule has 0 aliphatic heterocycles. The van der Waals surface area contributed by atoms with Crippen LogP contribution in [0.25, 0.3) is 22.2 Å². The fourth-order valence-electron chi connectivity index (χ4n) is 2.44. The molecular formula is C16H12N2O5. The number of nitro groups is 1. The molecule has 23 heavy (non-hydrogen) atoms. The maximum atomic E-state index is 11.5. The Hall–Kier alpha value is -3.35. The van der Waals surface area contributed by atoms with Crippen molar-refractivity contribution in [2.75, 3.05) is 7.11 Å². The first kappa shape index (κ1) is 14.6. The molecule has 0 spiro atoms. The number of carbonyl (C=O) groups is 1. The van der Waals surface area contributed by atoms with Gasteiger partial charge in [0.05, 0.1) is 17.6 Å². The van der Waals surface area contributed by atoms with Crippen molar-refractivity contribution >= 4 is 22.6 Å². The highest BCUT2D eigenvalue weighted by atomic mass is 16.6. The molecule has 116 valence electrons. The summed E-state index contributed by atoms with van der Waals surface area (Å²) in [6.45, 7) is 0. The highest BCUT2D eigenvalue weighted by Gasteiger charge is 2.16. The lowest BCUT2D eigenvalue weighted by atomic mass is 10.0. The summed E-state index contributed by atoms with van der Waals surface area (Å²) in [4.78, 5) is 24.9. The number of non-ortho nitro benzene ring substituents is 1. The molecule has 0 saturated heterocycles. The molecule has 0 bridgehead atoms. The number of nitrogens with one attached hydrogen (secondary N) is 1. The number of methoxy groups -OCH3 is 1. The normalized spacial score (nSPS) is 10.7. The Labute approximate surface area is 130 Å². The summed E-state index contributed by atoms with van der Waals surface area (Å²) >= 11 is 0. The van der Waals surface area contributed by atoms with Crippen LogP contribution in [0.3, 0.4) is 0 Å². The topological polar surface area (TPSA) is 105 Å². The lowest BCUT2D eigenvalue weighted by molar-refractivity contribution is -0.384. The molecule has 0 fully saturated rings. The number of hydrogen-bond acceptors (Lipinski definition) is 4. The summed E-state index contributed by atoms with van der Waals surface area (Å²) < 4.78 is 5.05. The van der Waals surface area contributed by atoms with Crippen molar-refractivity contribution < 1.29 is 19.6 Å². The van der Waals surface area contributed by atoms with Gasteiger partial charge in [0, 0.05) is 34.3 Å². The van der Waals surface area contributed by atoms with Crippen molar-refractivity contribution in [1.82, 2.24) is 4.98 Å². The highest BCUT2D eigenvalue weighted by Crippen LogP contribution is 2.31. The summed E-state index contributed by atoms with van der Waals surface area (Å²) in [7, 11) is 1.46. The SMILES string of the molecule is COc1ccc(-c2cc3cc([N+](=O)[O-])ccc3[nH]2)c(C(=O)O)c1. The van der Waals surface area contributed by atoms with Crippen molar-refractivity contribution in [3.05, 3.63) is 58.1 Å². The van der Waals surface area contributed by atoms with Gasteiger partial charge < -0.3 is 14.8 Å². The molecule has 0 radical (unpaired) electrons. The number of ether oxygens (including phenoxy) is 1. The molecule has 0 saturated carbocycles. The molecule has 2 N–H and O–H groups in total. The van der Waals surface area contributed by atoms with E-state index in [0.29, 0.717) is 27.9 Å². The van der Waals surface area contributed by atoms with E-state index < -0.39 is 10.9 Å². The third kappa shape index (κ3) is 2.59. The van der Waals surface area contributed by atoms with Crippen molar-refractivity contribution in [3.8, 4) is 17.0 Å². The molecular weight excluding hydrogens is 300 g/mol. The summed E-state index contributed by atoms with van der Waals surface area (Å²) in [5.41, 5.74) is 1.82. The predicted molar refractivity (Wildman–Crippen MR) is 83.9 cm³/mol. The van der Waals surface area contributed by atoms with Crippen molar-refractivity contribution in [2.24, 2.45) is 0 Å². The molecule has 7 nitrogen and oxygen atoms in total. The largest absolute Gasteiger partial charge is 0.497 e. The van der Waals surface area contributed by atoms with E-state index in [1.807, 2.05) is 0 Å². The lowest BCUT2D eigenvalue weighted by Crippen LogP contribution is -2.00. The van der Waals surface area contributed by atoms with Crippen LogP contribution in [0.4, 0.5) is 5.69 Å². The second-order valence-corrected chi connectivity index (χ2v) is 4.93. The number of nitrogens with zero attached hydrogens (tertiary/aromatic N) is 1. The van der Waals surface area contributed by atoms with Gasteiger partial charge in [0.25, 0.3) is 5.69 Å². The molecule has 3 aromatic rings. The number of aromatic carboxylic acids is 1. The van der Waals surface area contributed by atoms with E-state index >= 15 is 0 Å². The van der Waals surface area contributed by atoms with Crippen LogP contribution in [0.15, 0.2) is 42.5 Å². The van der Waals surface area contributed by atoms with Crippen LogP contribution in [0.5, 0.6) is 5.75 Å². The van der Waals surface area contributed by atoms with Gasteiger partial charge in [0.15, 0.2) is 0 Å². The molecule has 0 amide bonds. The van der Waals surface area contributed by atoms with Gasteiger partial charge in [-0.05, 0) is 30.3 Å². The van der Waals surface area contributed by atoms with E-state index in [9.17, 15) is 20.0 Å². The summed E-state index contributed by atoms with van der Waals surface area (Å²) in [5, 5.41) is 20.9. The number of benzene rings is 2. The van der Waals surface area contributed by atoms with Crippen LogP contribution >= 0.6 is 0 Å². The first-order valence-corrected chi connectivity index (χ1v) is 6.68. The van der Waals surface area contributed by atoms with Crippen LogP contribution in [0, 0.1) is 10.1 Å². The van der Waals surface area contributed by atoms with E-state index in [1.54, 1.807) is 24.3 Å². The number of aromatic nitrogens is 1. The fourth-order valence-corrected chi connectivity index (χ4v) is 2.44. The highest BCUT2D eigenvalue weighted by molar-refractivity contribution is 5.98. The van der Waals surface area contributed by atoms with Gasteiger partial charge in [0.2, 0.25) is 0 Å². The Morgan fingerprint density at radius 2 is 2.00 bits per heavy atom. The average Bonchev–Trinajstić information content (AvgIpc) is 2.96. The van der Waals surface area contributed by atoms with Crippen LogP contribution in [0.2, 0.25) is 0 Å². The number of hydrogen-bond donors (Lipinski definition) is 2. The van der Waals surface area contributed by atoms with Gasteiger partial charge in [-0.25, -0.2) is 4.79 Å². The number of aromatic amines is 1. The predicted octanol–water partition coefficient (Wildman–Crippen LogP) is 3.45. The second kappa shape index (κ2) is 5.45. The van der Waals surface area contributed by atoms with Gasteiger partial charge in [-0.1, -0.05) is 0 Å². The molecule has 0 aliphatic rings. The van der Waals surface area contributed by atoms with E-state index in [-0.39, 0.29) is 11.3 Å². The molecule has 0 aliphatic carbocycles. The standard InChI is InChI=1S/C16H12N2O5/c1-23-11-3-4-12(13(8-11)16(19)20)15-7-9-6-10(18(21)22)2-5-14(9)17-15/h2-8,17H,1H3,(H,19,20). The van der Waals surface area contributed by atoms with Crippen molar-refractivity contribution in [1.29, 1.82) is 0 Å². The van der Waals surface area contributed by atoms with Gasteiger partial charge in [-0.2, -0.15) is 0 Å². The quantitative estimate of drug-likeness (QED) is 0.567. The van der Waals surface area contributed by atoms with E-state index in [0.717, 1.165) is 0 Å². The third-order valence-corrected chi connectivity index (χ3v) is 3.56. The van der Waals surface area contributed by atoms with E-state index in [4.69, 9.17) is 4.74 Å². The smallest absolute Gasteiger partial charge is 0.336 e. The van der Waals surface area contributed by atoms with Crippen LogP contribution in [0.1, 0.15) is 10.4 Å². The molecule has 1 aromatic heterocycles. The molecule has 0 atom stereocenters. The summed E-state index contributed by atoms with van der Waals surface area (Å²) in [6, 6.07) is 10.9. The molecule has 1 heterocycles. The van der Waals surface area contributed by atoms with Gasteiger partial charge in [-0.15, -0.1) is 0 Å². The monoisotopic (exact) mass is 312 g/mol. The molecule has 2 aromatic carbocycles. The van der Waals surface area contributed by atoms with Crippen LogP contribution in [-0.4, -0.2) is 28.1 Å². The molecule has 3 rings (SSSR count). The van der Waals surface area contributed by atoms with Gasteiger partial charge >= 0.3 is 5.97 Å². The Balaban J connectivity index is 2.16. The fraction of sp³-hybridized carbons (Fsp3) is 0.0625. The van der Waals surface area contributed by atoms with E-state index in [1.165, 1.54) is 25.3 Å². The van der Waals surface area contributed by atoms with Gasteiger partial charge in [0.1, 0.15) is 5.75 Å². The maximum Gasteiger partial charge on any atom is 0.336 e. The number of nitro benzene ring substituents is 1. The Bertz CT molecular complexity index is 929. The maximum absolute atomic E-state index is 11.5. The minimum Gasteiger partial charge on any atom is -0.497 e. The minimum absolute atomic E-state index is 0.0174. The minimum atomic E-state index is -1.08. The lowest BCUT2D eigenvalue weighted by Gasteiger charge is -2.06. The Morgan fingerprint density at radius 3 is 2.65 bits per heavy atom. The first-order valence-electron chi connectivity index (χ1n) is 6.68. The molecule has 7 heteroatoms. The second-order valence-electron chi connectivity index (χ2n) is 4.93. The van der Waals surface area contributed by atoms with Crippen LogP contribution < -0.4 is 4.74 Å². The zero-order chi connectivity index (χ0) is 16.6. The number of carboxylic acids is 1. The average molecular weight is 312 g/mol. The summed E-state index contributed by atoms with van der Waals surface area (Å²) in [5.74, 6) is -0.638. The Morgan fingerprint density at radius 1 is 1.22 bits per heavy atom. The number of carboxylic acid groups (broad SMARTS) is 1. The van der Waals surface area contributed by atoms with Crippen molar-refractivity contribution in [2.45, 2.75) is 0 Å². The number of H-pyrrole nitrogens is 1. The number of fused-ring (bicyclic) bond motifs is 1. The first-order chi connectivity index (χ1) is 11.0. The zero-order valence-electron chi connectivity index (χ0n) is 12.1. The van der Waals surface area contributed by atoms with Crippen LogP contribution in [-0.2, 0) is 0 Å². The van der Waals surface area contributed by atoms with E-state index in [2.05, 4.69) is 4.98 Å². The zero-order valence-corrected chi connectivity index (χ0v) is 12.1. The molecule has 0 unspecified atom stereocenters. The van der Waals surface area contributed by atoms with Crippen molar-refractivity contribution in [3.63, 3.8) is 0 Å². The Kier molecular flexibility index (Phi) is 3.46.